The maximum Gasteiger partial charge on any atom is 0.262 e. The minimum atomic E-state index is -0.331. The average molecular weight is 347 g/mol. The van der Waals surface area contributed by atoms with Gasteiger partial charge in [-0.05, 0) is 42.8 Å². The van der Waals surface area contributed by atoms with E-state index in [9.17, 15) is 9.59 Å². The summed E-state index contributed by atoms with van der Waals surface area (Å²) >= 11 is 6.03. The van der Waals surface area contributed by atoms with Gasteiger partial charge in [0.05, 0.1) is 5.02 Å². The first kappa shape index (κ1) is 17.8. The van der Waals surface area contributed by atoms with Gasteiger partial charge in [0.15, 0.2) is 6.61 Å². The van der Waals surface area contributed by atoms with Crippen LogP contribution in [0.4, 0.5) is 5.69 Å². The Morgan fingerprint density at radius 2 is 1.92 bits per heavy atom. The molecule has 0 spiro atoms. The second kappa shape index (κ2) is 7.84. The zero-order valence-corrected chi connectivity index (χ0v) is 14.6. The summed E-state index contributed by atoms with van der Waals surface area (Å²) in [4.78, 5) is 25.4. The molecule has 24 heavy (non-hydrogen) atoms. The van der Waals surface area contributed by atoms with Crippen LogP contribution in [-0.4, -0.2) is 37.4 Å². The predicted molar refractivity (Wildman–Crippen MR) is 94.8 cm³/mol. The molecule has 0 aliphatic rings. The van der Waals surface area contributed by atoms with Crippen molar-refractivity contribution in [3.63, 3.8) is 0 Å². The summed E-state index contributed by atoms with van der Waals surface area (Å²) in [6.45, 7) is 1.74. The van der Waals surface area contributed by atoms with Gasteiger partial charge in [-0.25, -0.2) is 0 Å². The van der Waals surface area contributed by atoms with Crippen molar-refractivity contribution in [1.29, 1.82) is 0 Å². The van der Waals surface area contributed by atoms with Crippen molar-refractivity contribution < 1.29 is 14.3 Å². The first-order valence-electron chi connectivity index (χ1n) is 7.37. The number of halogens is 1. The lowest BCUT2D eigenvalue weighted by atomic mass is 10.2. The Kier molecular flexibility index (Phi) is 5.82. The third-order valence-corrected chi connectivity index (χ3v) is 3.56. The van der Waals surface area contributed by atoms with Crippen molar-refractivity contribution in [2.24, 2.45) is 0 Å². The average Bonchev–Trinajstić information content (AvgIpc) is 2.55. The normalized spacial score (nSPS) is 10.2. The number of amides is 2. The van der Waals surface area contributed by atoms with Gasteiger partial charge >= 0.3 is 0 Å². The predicted octanol–water partition coefficient (Wildman–Crippen LogP) is 3.37. The Hall–Kier alpha value is -2.53. The van der Waals surface area contributed by atoms with Gasteiger partial charge in [-0.3, -0.25) is 9.59 Å². The van der Waals surface area contributed by atoms with E-state index in [1.165, 1.54) is 4.90 Å². The number of aryl methyl sites for hydroxylation is 1. The van der Waals surface area contributed by atoms with Crippen LogP contribution in [0.2, 0.25) is 5.02 Å². The molecule has 0 aromatic heterocycles. The van der Waals surface area contributed by atoms with Crippen molar-refractivity contribution in [3.8, 4) is 5.75 Å². The van der Waals surface area contributed by atoms with Gasteiger partial charge in [0.1, 0.15) is 5.75 Å². The van der Waals surface area contributed by atoms with E-state index < -0.39 is 0 Å². The Morgan fingerprint density at radius 3 is 2.62 bits per heavy atom. The van der Waals surface area contributed by atoms with Crippen molar-refractivity contribution >= 4 is 29.1 Å². The molecule has 2 rings (SSSR count). The second-order valence-electron chi connectivity index (χ2n) is 5.55. The molecule has 0 fully saturated rings. The first-order valence-corrected chi connectivity index (χ1v) is 7.75. The SMILES string of the molecule is Cc1ccc(Cl)c(OCC(=O)Nc2cccc(C(=O)N(C)C)c2)c1. The summed E-state index contributed by atoms with van der Waals surface area (Å²) in [5, 5.41) is 3.15. The zero-order chi connectivity index (χ0) is 17.7. The summed E-state index contributed by atoms with van der Waals surface area (Å²) in [6, 6.07) is 12.1. The number of nitrogens with zero attached hydrogens (tertiary/aromatic N) is 1. The van der Waals surface area contributed by atoms with E-state index in [4.69, 9.17) is 16.3 Å². The van der Waals surface area contributed by atoms with Crippen molar-refractivity contribution in [3.05, 3.63) is 58.6 Å². The molecule has 0 aliphatic heterocycles. The summed E-state index contributed by atoms with van der Waals surface area (Å²) in [6.07, 6.45) is 0. The van der Waals surface area contributed by atoms with Crippen LogP contribution in [0.5, 0.6) is 5.75 Å². The first-order chi connectivity index (χ1) is 11.4. The maximum atomic E-state index is 12.0. The molecule has 0 heterocycles. The molecule has 2 amide bonds. The molecule has 0 saturated carbocycles. The van der Waals surface area contributed by atoms with E-state index in [0.29, 0.717) is 22.0 Å². The monoisotopic (exact) mass is 346 g/mol. The lowest BCUT2D eigenvalue weighted by Gasteiger charge is -2.12. The van der Waals surface area contributed by atoms with E-state index in [0.717, 1.165) is 5.56 Å². The van der Waals surface area contributed by atoms with Crippen LogP contribution in [0.15, 0.2) is 42.5 Å². The molecule has 1 N–H and O–H groups in total. The molecule has 2 aromatic rings. The smallest absolute Gasteiger partial charge is 0.262 e. The standard InChI is InChI=1S/C18H19ClN2O3/c1-12-7-8-15(19)16(9-12)24-11-17(22)20-14-6-4-5-13(10-14)18(23)21(2)3/h4-10H,11H2,1-3H3,(H,20,22). The third kappa shape index (κ3) is 4.73. The van der Waals surface area contributed by atoms with Crippen LogP contribution in [0.3, 0.4) is 0 Å². The van der Waals surface area contributed by atoms with Crippen LogP contribution in [-0.2, 0) is 4.79 Å². The summed E-state index contributed by atoms with van der Waals surface area (Å²) in [5.74, 6) is -0.000677. The highest BCUT2D eigenvalue weighted by Crippen LogP contribution is 2.25. The second-order valence-corrected chi connectivity index (χ2v) is 5.96. The number of carbonyl (C=O) groups is 2. The molecule has 0 unspecified atom stereocenters. The van der Waals surface area contributed by atoms with Crippen molar-refractivity contribution in [2.45, 2.75) is 6.92 Å². The van der Waals surface area contributed by atoms with Gasteiger partial charge in [-0.1, -0.05) is 23.7 Å². The molecule has 5 nitrogen and oxygen atoms in total. The number of ether oxygens (including phenoxy) is 1. The van der Waals surface area contributed by atoms with E-state index in [2.05, 4.69) is 5.32 Å². The lowest BCUT2D eigenvalue weighted by molar-refractivity contribution is -0.118. The van der Waals surface area contributed by atoms with Crippen molar-refractivity contribution in [2.75, 3.05) is 26.0 Å². The molecular weight excluding hydrogens is 328 g/mol. The number of nitrogens with one attached hydrogen (secondary N) is 1. The number of hydrogen-bond donors (Lipinski definition) is 1. The van der Waals surface area contributed by atoms with Gasteiger partial charge in [-0.2, -0.15) is 0 Å². The molecule has 0 aliphatic carbocycles. The molecule has 6 heteroatoms. The quantitative estimate of drug-likeness (QED) is 0.903. The Bertz CT molecular complexity index is 760. The lowest BCUT2D eigenvalue weighted by Crippen LogP contribution is -2.23. The summed E-state index contributed by atoms with van der Waals surface area (Å²) in [5.41, 5.74) is 2.02. The molecule has 126 valence electrons. The summed E-state index contributed by atoms with van der Waals surface area (Å²) in [7, 11) is 3.35. The minimum absolute atomic E-state index is 0.131. The molecule has 0 radical (unpaired) electrons. The highest BCUT2D eigenvalue weighted by Gasteiger charge is 2.10. The largest absolute Gasteiger partial charge is 0.482 e. The summed E-state index contributed by atoms with van der Waals surface area (Å²) < 4.78 is 5.45. The Balaban J connectivity index is 1.99. The third-order valence-electron chi connectivity index (χ3n) is 3.24. The maximum absolute atomic E-state index is 12.0. The fraction of sp³-hybridized carbons (Fsp3) is 0.222. The molecule has 0 atom stereocenters. The van der Waals surface area contributed by atoms with Gasteiger partial charge in [-0.15, -0.1) is 0 Å². The number of rotatable bonds is 5. The number of carbonyl (C=O) groups excluding carboxylic acids is 2. The van der Waals surface area contributed by atoms with Crippen LogP contribution in [0.1, 0.15) is 15.9 Å². The van der Waals surface area contributed by atoms with E-state index in [1.54, 1.807) is 50.5 Å². The zero-order valence-electron chi connectivity index (χ0n) is 13.8. The Morgan fingerprint density at radius 1 is 1.17 bits per heavy atom. The van der Waals surface area contributed by atoms with Crippen LogP contribution in [0, 0.1) is 6.92 Å². The van der Waals surface area contributed by atoms with Crippen LogP contribution >= 0.6 is 11.6 Å². The molecule has 0 saturated heterocycles. The Labute approximate surface area is 146 Å². The molecule has 0 bridgehead atoms. The minimum Gasteiger partial charge on any atom is -0.482 e. The number of anilines is 1. The van der Waals surface area contributed by atoms with Crippen molar-refractivity contribution in [1.82, 2.24) is 4.90 Å². The van der Waals surface area contributed by atoms with Gasteiger partial charge in [0.25, 0.3) is 11.8 Å². The molecule has 2 aromatic carbocycles. The van der Waals surface area contributed by atoms with E-state index >= 15 is 0 Å². The number of hydrogen-bond acceptors (Lipinski definition) is 3. The number of benzene rings is 2. The van der Waals surface area contributed by atoms with Gasteiger partial charge in [0.2, 0.25) is 0 Å². The fourth-order valence-corrected chi connectivity index (χ4v) is 2.22. The fourth-order valence-electron chi connectivity index (χ4n) is 2.05. The molecular formula is C18H19ClN2O3. The van der Waals surface area contributed by atoms with Crippen LogP contribution in [0.25, 0.3) is 0 Å². The van der Waals surface area contributed by atoms with Gasteiger partial charge in [0, 0.05) is 25.3 Å². The highest BCUT2D eigenvalue weighted by molar-refractivity contribution is 6.32. The topological polar surface area (TPSA) is 58.6 Å². The van der Waals surface area contributed by atoms with Crippen LogP contribution < -0.4 is 10.1 Å². The highest BCUT2D eigenvalue weighted by atomic mass is 35.5. The van der Waals surface area contributed by atoms with E-state index in [-0.39, 0.29) is 18.4 Å². The van der Waals surface area contributed by atoms with E-state index in [1.807, 2.05) is 13.0 Å². The van der Waals surface area contributed by atoms with Gasteiger partial charge < -0.3 is 15.0 Å².